The van der Waals surface area contributed by atoms with Gasteiger partial charge in [-0.15, -0.1) is 0 Å². The molecule has 19 heavy (non-hydrogen) atoms. The summed E-state index contributed by atoms with van der Waals surface area (Å²) in [5, 5.41) is 0. The molecule has 0 amide bonds. The van der Waals surface area contributed by atoms with Crippen LogP contribution in [0.1, 0.15) is 20.8 Å². The Morgan fingerprint density at radius 2 is 1.79 bits per heavy atom. The summed E-state index contributed by atoms with van der Waals surface area (Å²) in [6.07, 6.45) is 0. The van der Waals surface area contributed by atoms with E-state index in [9.17, 15) is 12.8 Å². The molecule has 4 nitrogen and oxygen atoms in total. The number of hydrogen-bond acceptors (Lipinski definition) is 3. The van der Waals surface area contributed by atoms with Gasteiger partial charge >= 0.3 is 0 Å². The third-order valence-electron chi connectivity index (χ3n) is 2.96. The van der Waals surface area contributed by atoms with Crippen LogP contribution < -0.4 is 5.73 Å². The molecule has 0 aromatic heterocycles. The Morgan fingerprint density at radius 1 is 1.26 bits per heavy atom. The van der Waals surface area contributed by atoms with Crippen LogP contribution in [0.4, 0.5) is 4.39 Å². The van der Waals surface area contributed by atoms with Crippen molar-refractivity contribution in [1.82, 2.24) is 4.31 Å². The van der Waals surface area contributed by atoms with E-state index in [4.69, 9.17) is 5.73 Å². The van der Waals surface area contributed by atoms with Crippen molar-refractivity contribution in [3.05, 3.63) is 30.1 Å². The molecule has 0 bridgehead atoms. The van der Waals surface area contributed by atoms with Gasteiger partial charge in [0, 0.05) is 13.1 Å². The van der Waals surface area contributed by atoms with Crippen LogP contribution in [0, 0.1) is 11.2 Å². The van der Waals surface area contributed by atoms with Gasteiger partial charge in [-0.05, 0) is 36.2 Å². The minimum atomic E-state index is -3.60. The summed E-state index contributed by atoms with van der Waals surface area (Å²) >= 11 is 0. The van der Waals surface area contributed by atoms with Crippen LogP contribution in [0.2, 0.25) is 0 Å². The summed E-state index contributed by atoms with van der Waals surface area (Å²) in [4.78, 5) is 0.101. The number of hydrogen-bond donors (Lipinski definition) is 1. The maximum atomic E-state index is 12.9. The Bertz CT molecular complexity index is 512. The van der Waals surface area contributed by atoms with Crippen molar-refractivity contribution < 1.29 is 12.8 Å². The Balaban J connectivity index is 3.06. The fourth-order valence-corrected chi connectivity index (χ4v) is 3.30. The average molecular weight is 288 g/mol. The van der Waals surface area contributed by atoms with Gasteiger partial charge in [-0.3, -0.25) is 0 Å². The van der Waals surface area contributed by atoms with Crippen LogP contribution in [-0.4, -0.2) is 32.4 Å². The lowest BCUT2D eigenvalue weighted by atomic mass is 9.94. The minimum Gasteiger partial charge on any atom is -0.330 e. The molecule has 1 aromatic rings. The molecule has 0 radical (unpaired) electrons. The number of halogens is 1. The molecule has 2 N–H and O–H groups in total. The van der Waals surface area contributed by atoms with E-state index in [2.05, 4.69) is 0 Å². The van der Waals surface area contributed by atoms with E-state index in [0.29, 0.717) is 19.6 Å². The highest BCUT2D eigenvalue weighted by molar-refractivity contribution is 7.89. The highest BCUT2D eigenvalue weighted by Crippen LogP contribution is 2.22. The maximum Gasteiger partial charge on any atom is 0.243 e. The standard InChI is InChI=1S/C13H21FN2O2S/c1-4-16(10-13(2,3)9-15)19(17,18)12-7-5-11(14)6-8-12/h5-8H,4,9-10,15H2,1-3H3. The quantitative estimate of drug-likeness (QED) is 0.868. The van der Waals surface area contributed by atoms with Crippen LogP contribution in [-0.2, 0) is 10.0 Å². The highest BCUT2D eigenvalue weighted by Gasteiger charge is 2.28. The van der Waals surface area contributed by atoms with Crippen LogP contribution in [0.5, 0.6) is 0 Å². The van der Waals surface area contributed by atoms with Crippen molar-refractivity contribution in [2.75, 3.05) is 19.6 Å². The van der Waals surface area contributed by atoms with Gasteiger partial charge in [0.25, 0.3) is 0 Å². The molecule has 0 spiro atoms. The maximum absolute atomic E-state index is 12.9. The first kappa shape index (κ1) is 16.1. The molecular weight excluding hydrogens is 267 g/mol. The molecule has 0 saturated carbocycles. The van der Waals surface area contributed by atoms with Crippen molar-refractivity contribution in [3.63, 3.8) is 0 Å². The Morgan fingerprint density at radius 3 is 2.21 bits per heavy atom. The number of nitrogens with zero attached hydrogens (tertiary/aromatic N) is 1. The van der Waals surface area contributed by atoms with E-state index in [1.807, 2.05) is 13.8 Å². The van der Waals surface area contributed by atoms with E-state index in [-0.39, 0.29) is 10.3 Å². The lowest BCUT2D eigenvalue weighted by Gasteiger charge is -2.30. The van der Waals surface area contributed by atoms with E-state index in [1.54, 1.807) is 6.92 Å². The summed E-state index contributed by atoms with van der Waals surface area (Å²) in [5.41, 5.74) is 5.34. The van der Waals surface area contributed by atoms with Gasteiger partial charge in [0.2, 0.25) is 10.0 Å². The van der Waals surface area contributed by atoms with Gasteiger partial charge in [0.05, 0.1) is 4.90 Å². The number of nitrogens with two attached hydrogens (primary N) is 1. The third kappa shape index (κ3) is 3.99. The third-order valence-corrected chi connectivity index (χ3v) is 4.90. The normalized spacial score (nSPS) is 12.9. The second-order valence-corrected chi connectivity index (χ2v) is 7.19. The fraction of sp³-hybridized carbons (Fsp3) is 0.538. The van der Waals surface area contributed by atoms with Crippen molar-refractivity contribution in [1.29, 1.82) is 0 Å². The summed E-state index contributed by atoms with van der Waals surface area (Å²) < 4.78 is 39.1. The molecule has 0 aliphatic heterocycles. The molecule has 0 unspecified atom stereocenters. The zero-order valence-electron chi connectivity index (χ0n) is 11.6. The second kappa shape index (κ2) is 5.98. The van der Waals surface area contributed by atoms with Crippen LogP contribution >= 0.6 is 0 Å². The largest absolute Gasteiger partial charge is 0.330 e. The zero-order chi connectivity index (χ0) is 14.7. The molecule has 6 heteroatoms. The predicted octanol–water partition coefficient (Wildman–Crippen LogP) is 1.82. The lowest BCUT2D eigenvalue weighted by Crippen LogP contribution is -2.41. The van der Waals surface area contributed by atoms with E-state index in [0.717, 1.165) is 12.1 Å². The number of benzene rings is 1. The topological polar surface area (TPSA) is 63.4 Å². The minimum absolute atomic E-state index is 0.101. The van der Waals surface area contributed by atoms with Gasteiger partial charge in [-0.25, -0.2) is 12.8 Å². The molecular formula is C13H21FN2O2S. The second-order valence-electron chi connectivity index (χ2n) is 5.25. The van der Waals surface area contributed by atoms with Gasteiger partial charge in [-0.2, -0.15) is 4.31 Å². The van der Waals surface area contributed by atoms with Gasteiger partial charge < -0.3 is 5.73 Å². The summed E-state index contributed by atoms with van der Waals surface area (Å²) in [7, 11) is -3.60. The number of rotatable bonds is 6. The molecule has 108 valence electrons. The summed E-state index contributed by atoms with van der Waals surface area (Å²) in [6.45, 7) is 6.67. The molecule has 0 heterocycles. The molecule has 1 aromatic carbocycles. The van der Waals surface area contributed by atoms with Gasteiger partial charge in [0.15, 0.2) is 0 Å². The predicted molar refractivity (Wildman–Crippen MR) is 73.7 cm³/mol. The summed E-state index contributed by atoms with van der Waals surface area (Å²) in [6, 6.07) is 4.86. The molecule has 0 fully saturated rings. The fourth-order valence-electron chi connectivity index (χ4n) is 1.66. The number of sulfonamides is 1. The zero-order valence-corrected chi connectivity index (χ0v) is 12.4. The Kier molecular flexibility index (Phi) is 5.06. The Hall–Kier alpha value is -0.980. The highest BCUT2D eigenvalue weighted by atomic mass is 32.2. The van der Waals surface area contributed by atoms with Crippen molar-refractivity contribution in [3.8, 4) is 0 Å². The first-order valence-electron chi connectivity index (χ1n) is 6.19. The first-order chi connectivity index (χ1) is 8.73. The summed E-state index contributed by atoms with van der Waals surface area (Å²) in [5.74, 6) is -0.454. The van der Waals surface area contributed by atoms with Crippen molar-refractivity contribution in [2.45, 2.75) is 25.7 Å². The van der Waals surface area contributed by atoms with Crippen LogP contribution in [0.25, 0.3) is 0 Å². The average Bonchev–Trinajstić information content (AvgIpc) is 2.36. The van der Waals surface area contributed by atoms with Crippen molar-refractivity contribution >= 4 is 10.0 Å². The van der Waals surface area contributed by atoms with E-state index in [1.165, 1.54) is 16.4 Å². The van der Waals surface area contributed by atoms with Crippen LogP contribution in [0.15, 0.2) is 29.2 Å². The van der Waals surface area contributed by atoms with Gasteiger partial charge in [0.1, 0.15) is 5.82 Å². The molecule has 0 saturated heterocycles. The first-order valence-corrected chi connectivity index (χ1v) is 7.63. The molecule has 1 rings (SSSR count). The van der Waals surface area contributed by atoms with Gasteiger partial charge in [-0.1, -0.05) is 20.8 Å². The molecule has 0 aliphatic carbocycles. The smallest absolute Gasteiger partial charge is 0.243 e. The monoisotopic (exact) mass is 288 g/mol. The van der Waals surface area contributed by atoms with Crippen molar-refractivity contribution in [2.24, 2.45) is 11.1 Å². The Labute approximate surface area is 114 Å². The lowest BCUT2D eigenvalue weighted by molar-refractivity contribution is 0.273. The molecule has 0 aliphatic rings. The van der Waals surface area contributed by atoms with E-state index < -0.39 is 15.8 Å². The van der Waals surface area contributed by atoms with Crippen LogP contribution in [0.3, 0.4) is 0 Å². The van der Waals surface area contributed by atoms with E-state index >= 15 is 0 Å². The molecule has 0 atom stereocenters. The SMILES string of the molecule is CCN(CC(C)(C)CN)S(=O)(=O)c1ccc(F)cc1.